The molecule has 3 atom stereocenters. The fourth-order valence-corrected chi connectivity index (χ4v) is 3.86. The van der Waals surface area contributed by atoms with Crippen LogP contribution in [-0.4, -0.2) is 39.8 Å². The van der Waals surface area contributed by atoms with Crippen LogP contribution in [0.1, 0.15) is 48.3 Å². The van der Waals surface area contributed by atoms with Crippen molar-refractivity contribution in [3.63, 3.8) is 0 Å². The maximum Gasteiger partial charge on any atom is 0.167 e. The second-order valence-electron chi connectivity index (χ2n) is 7.80. The first-order valence-corrected chi connectivity index (χ1v) is 10.2. The number of aliphatic hydroxyl groups is 1. The zero-order chi connectivity index (χ0) is 24.5. The van der Waals surface area contributed by atoms with E-state index in [0.717, 1.165) is 31.0 Å². The van der Waals surface area contributed by atoms with Crippen LogP contribution in [0.3, 0.4) is 0 Å². The number of hydrogen-bond acceptors (Lipinski definition) is 7. The molecular formula is C22H19F4N7O. The van der Waals surface area contributed by atoms with Crippen molar-refractivity contribution in [3.05, 3.63) is 95.6 Å². The van der Waals surface area contributed by atoms with Crippen LogP contribution in [-0.2, 0) is 12.1 Å². The third-order valence-electron chi connectivity index (χ3n) is 5.75. The van der Waals surface area contributed by atoms with E-state index in [1.807, 2.05) is 0 Å². The minimum atomic E-state index is -2.12. The summed E-state index contributed by atoms with van der Waals surface area (Å²) in [6.45, 7) is 2.60. The van der Waals surface area contributed by atoms with E-state index in [4.69, 9.17) is 0 Å². The predicted octanol–water partition coefficient (Wildman–Crippen LogP) is 3.26. The first kappa shape index (κ1) is 23.4. The summed E-state index contributed by atoms with van der Waals surface area (Å²) < 4.78 is 59.5. The molecule has 0 fully saturated rings. The second-order valence-corrected chi connectivity index (χ2v) is 7.80. The van der Waals surface area contributed by atoms with E-state index < -0.39 is 40.7 Å². The molecule has 0 saturated carbocycles. The Bertz CT molecular complexity index is 1300. The van der Waals surface area contributed by atoms with Gasteiger partial charge in [-0.2, -0.15) is 5.10 Å². The zero-order valence-electron chi connectivity index (χ0n) is 18.1. The van der Waals surface area contributed by atoms with Crippen molar-refractivity contribution in [1.82, 2.24) is 34.7 Å². The van der Waals surface area contributed by atoms with Crippen LogP contribution in [0.15, 0.2) is 49.7 Å². The Morgan fingerprint density at radius 3 is 2.32 bits per heavy atom. The third-order valence-corrected chi connectivity index (χ3v) is 5.75. The van der Waals surface area contributed by atoms with E-state index in [1.54, 1.807) is 0 Å². The van der Waals surface area contributed by atoms with Gasteiger partial charge in [-0.1, -0.05) is 19.9 Å². The Morgan fingerprint density at radius 2 is 1.65 bits per heavy atom. The molecule has 4 rings (SSSR count). The Kier molecular flexibility index (Phi) is 6.33. The molecule has 0 saturated heterocycles. The molecule has 0 unspecified atom stereocenters. The summed E-state index contributed by atoms with van der Waals surface area (Å²) in [5, 5.41) is 15.6. The van der Waals surface area contributed by atoms with E-state index in [9.17, 15) is 18.3 Å². The van der Waals surface area contributed by atoms with Gasteiger partial charge in [-0.05, 0) is 6.07 Å². The molecule has 0 radical (unpaired) electrons. The molecule has 0 bridgehead atoms. The van der Waals surface area contributed by atoms with Crippen molar-refractivity contribution in [2.24, 2.45) is 0 Å². The molecule has 1 N–H and O–H groups in total. The molecule has 0 aliphatic rings. The number of nitrogens with zero attached hydrogens (tertiary/aromatic N) is 7. The van der Waals surface area contributed by atoms with Crippen LogP contribution < -0.4 is 0 Å². The minimum absolute atomic E-state index is 0.0753. The van der Waals surface area contributed by atoms with Gasteiger partial charge in [0, 0.05) is 23.5 Å². The highest BCUT2D eigenvalue weighted by molar-refractivity contribution is 5.32. The van der Waals surface area contributed by atoms with Gasteiger partial charge in [-0.15, -0.1) is 0 Å². The largest absolute Gasteiger partial charge is 0.382 e. The van der Waals surface area contributed by atoms with Gasteiger partial charge in [0.05, 0.1) is 29.8 Å². The van der Waals surface area contributed by atoms with E-state index in [2.05, 4.69) is 30.0 Å². The summed E-state index contributed by atoms with van der Waals surface area (Å²) >= 11 is 0. The highest BCUT2D eigenvalue weighted by atomic mass is 19.1. The summed E-state index contributed by atoms with van der Waals surface area (Å²) in [4.78, 5) is 19.2. The SMILES string of the molecule is C[C@@H](c1ncncc1F)c1ncnc([C@H](C)[C@](O)(Cn2cncn2)c2ccc(F)cc2F)c1F. The smallest absolute Gasteiger partial charge is 0.167 e. The Balaban J connectivity index is 1.81. The lowest BCUT2D eigenvalue weighted by atomic mass is 9.79. The van der Waals surface area contributed by atoms with E-state index in [-0.39, 0.29) is 29.2 Å². The van der Waals surface area contributed by atoms with Crippen LogP contribution in [0.5, 0.6) is 0 Å². The normalized spacial score (nSPS) is 15.0. The number of rotatable bonds is 7. The van der Waals surface area contributed by atoms with E-state index in [1.165, 1.54) is 31.2 Å². The lowest BCUT2D eigenvalue weighted by molar-refractivity contribution is -0.0134. The quantitative estimate of drug-likeness (QED) is 0.411. The molecular weight excluding hydrogens is 454 g/mol. The van der Waals surface area contributed by atoms with E-state index >= 15 is 4.39 Å². The summed E-state index contributed by atoms with van der Waals surface area (Å²) in [7, 11) is 0. The van der Waals surface area contributed by atoms with Gasteiger partial charge in [0.1, 0.15) is 42.5 Å². The fraction of sp³-hybridized carbons (Fsp3) is 0.273. The molecule has 0 aliphatic heterocycles. The molecule has 176 valence electrons. The van der Waals surface area contributed by atoms with Gasteiger partial charge < -0.3 is 5.11 Å². The first-order valence-electron chi connectivity index (χ1n) is 10.2. The highest BCUT2D eigenvalue weighted by Gasteiger charge is 2.42. The fourth-order valence-electron chi connectivity index (χ4n) is 3.86. The summed E-state index contributed by atoms with van der Waals surface area (Å²) in [5.74, 6) is -5.61. The molecule has 4 aromatic rings. The molecule has 1 aromatic carbocycles. The average molecular weight is 473 g/mol. The zero-order valence-corrected chi connectivity index (χ0v) is 18.1. The van der Waals surface area contributed by atoms with Crippen molar-refractivity contribution < 1.29 is 22.7 Å². The van der Waals surface area contributed by atoms with Crippen LogP contribution in [0, 0.1) is 23.3 Å². The lowest BCUT2D eigenvalue weighted by Crippen LogP contribution is -2.39. The van der Waals surface area contributed by atoms with Gasteiger partial charge in [0.15, 0.2) is 11.6 Å². The average Bonchev–Trinajstić information content (AvgIpc) is 3.31. The van der Waals surface area contributed by atoms with Gasteiger partial charge in [0.2, 0.25) is 0 Å². The van der Waals surface area contributed by atoms with Gasteiger partial charge in [-0.25, -0.2) is 47.2 Å². The number of aromatic nitrogens is 7. The van der Waals surface area contributed by atoms with Crippen molar-refractivity contribution in [3.8, 4) is 0 Å². The van der Waals surface area contributed by atoms with Gasteiger partial charge in [-0.3, -0.25) is 0 Å². The van der Waals surface area contributed by atoms with Crippen molar-refractivity contribution in [2.75, 3.05) is 0 Å². The molecule has 3 heterocycles. The summed E-state index contributed by atoms with van der Waals surface area (Å²) in [6, 6.07) is 2.69. The van der Waals surface area contributed by atoms with Crippen LogP contribution in [0.4, 0.5) is 17.6 Å². The predicted molar refractivity (Wildman–Crippen MR) is 110 cm³/mol. The van der Waals surface area contributed by atoms with Crippen molar-refractivity contribution in [1.29, 1.82) is 0 Å². The summed E-state index contributed by atoms with van der Waals surface area (Å²) in [6.07, 6.45) is 5.66. The standard InChI is InChI=1S/C22H19F4N7O/c1-12(19-17(25)6-27-8-29-19)20-18(26)21(31-10-30-20)13(2)22(34,7-33-11-28-9-32-33)15-4-3-14(23)5-16(15)24/h3-6,8-13,34H,7H2,1-2H3/t12-,13-,22+/m0/s1. The lowest BCUT2D eigenvalue weighted by Gasteiger charge is -2.34. The van der Waals surface area contributed by atoms with Crippen molar-refractivity contribution >= 4 is 0 Å². The highest BCUT2D eigenvalue weighted by Crippen LogP contribution is 2.40. The number of hydrogen-bond donors (Lipinski definition) is 1. The Morgan fingerprint density at radius 1 is 0.912 bits per heavy atom. The molecule has 12 heteroatoms. The van der Waals surface area contributed by atoms with Crippen LogP contribution >= 0.6 is 0 Å². The molecule has 0 aliphatic carbocycles. The first-order chi connectivity index (χ1) is 16.2. The third kappa shape index (κ3) is 4.23. The van der Waals surface area contributed by atoms with Crippen LogP contribution in [0.25, 0.3) is 0 Å². The molecule has 3 aromatic heterocycles. The van der Waals surface area contributed by atoms with E-state index in [0.29, 0.717) is 6.07 Å². The molecule has 0 spiro atoms. The molecule has 0 amide bonds. The maximum atomic E-state index is 15.7. The van der Waals surface area contributed by atoms with Gasteiger partial charge >= 0.3 is 0 Å². The van der Waals surface area contributed by atoms with Crippen molar-refractivity contribution in [2.45, 2.75) is 37.8 Å². The summed E-state index contributed by atoms with van der Waals surface area (Å²) in [5.41, 5.74) is -2.91. The molecule has 34 heavy (non-hydrogen) atoms. The van der Waals surface area contributed by atoms with Gasteiger partial charge in [0.25, 0.3) is 0 Å². The molecule has 8 nitrogen and oxygen atoms in total. The Labute approximate surface area is 191 Å². The number of benzene rings is 1. The van der Waals surface area contributed by atoms with Crippen LogP contribution in [0.2, 0.25) is 0 Å². The Hall–Kier alpha value is -3.80. The topological polar surface area (TPSA) is 102 Å². The maximum absolute atomic E-state index is 15.7. The second kappa shape index (κ2) is 9.21. The monoisotopic (exact) mass is 473 g/mol. The number of halogens is 4. The minimum Gasteiger partial charge on any atom is -0.382 e.